The maximum atomic E-state index is 7.35. The number of rotatable bonds is 20. The van der Waals surface area contributed by atoms with Crippen LogP contribution in [0.5, 0.6) is 0 Å². The maximum Gasteiger partial charge on any atom is 0.635 e. The molecule has 10 atom stereocenters. The van der Waals surface area contributed by atoms with Crippen LogP contribution in [0.2, 0.25) is 140 Å². The summed E-state index contributed by atoms with van der Waals surface area (Å²) in [6.07, 6.45) is 0.164. The molecule has 0 saturated carbocycles. The first-order valence-corrected chi connectivity index (χ1v) is 66.1. The van der Waals surface area contributed by atoms with Gasteiger partial charge in [0, 0.05) is 6.10 Å². The molecule has 0 aliphatic carbocycles. The molecule has 4 saturated heterocycles. The van der Waals surface area contributed by atoms with Gasteiger partial charge in [-0.3, -0.25) is 0 Å². The van der Waals surface area contributed by atoms with Crippen LogP contribution in [0.1, 0.15) is 55.9 Å². The molecule has 4 heterocycles. The third-order valence-corrected chi connectivity index (χ3v) is 73.2. The van der Waals surface area contributed by atoms with Crippen LogP contribution in [0.3, 0.4) is 0 Å². The van der Waals surface area contributed by atoms with Crippen molar-refractivity contribution >= 4 is 186 Å². The molecule has 0 N–H and O–H groups in total. The lowest BCUT2D eigenvalue weighted by atomic mass is 10.5. The van der Waals surface area contributed by atoms with Gasteiger partial charge in [0.1, 0.15) is 0 Å². The third-order valence-electron chi connectivity index (χ3n) is 10.1. The first-order valence-electron chi connectivity index (χ1n) is 26.2. The Bertz CT molecular complexity index is 1130. The standard InChI is InChI=1S/C24H82O19Si20.3C2H6.CH4/c1-24-23-47(2)29-48(3)36-58(25-24)18-15-44-26-63(27-45-16-19-59-37-52(7)30-49(4)31-53(8)38-59,28-46-17-20-60-39-54(9)32-50(5)33-55(10)40-60)43-62(13,14)22-21-61-41-56(11)34-51(6)35-57(12)42-61;3*1-2;/h24,47-61H,15-23,44-46H2,1-14H3;3*1-2H3;1H4. The van der Waals surface area contributed by atoms with Crippen molar-refractivity contribution in [3.63, 3.8) is 0 Å². The van der Waals surface area contributed by atoms with E-state index in [0.717, 1.165) is 54.4 Å². The average molecular weight is 1340 g/mol. The van der Waals surface area contributed by atoms with E-state index in [4.69, 9.17) is 78.5 Å². The summed E-state index contributed by atoms with van der Waals surface area (Å²) in [5.41, 5.74) is 0. The van der Waals surface area contributed by atoms with Crippen LogP contribution in [0.25, 0.3) is 0 Å². The molecule has 4 fully saturated rings. The molecule has 0 radical (unpaired) electrons. The van der Waals surface area contributed by atoms with Gasteiger partial charge in [0.05, 0.1) is 0 Å². The number of hydrogen-bond donors (Lipinski definition) is 0. The van der Waals surface area contributed by atoms with Crippen molar-refractivity contribution in [1.29, 1.82) is 0 Å². The molecule has 39 heteroatoms. The van der Waals surface area contributed by atoms with Gasteiger partial charge >= 0.3 is 46.2 Å². The fraction of sp³-hybridized carbons (Fsp3) is 1.00. The highest BCUT2D eigenvalue weighted by molar-refractivity contribution is 6.84. The van der Waals surface area contributed by atoms with Gasteiger partial charge in [0.25, 0.3) is 92.8 Å². The molecule has 0 aromatic rings. The molecule has 19 nitrogen and oxygen atoms in total. The predicted molar refractivity (Wildman–Crippen MR) is 335 cm³/mol. The van der Waals surface area contributed by atoms with E-state index in [1.807, 2.05) is 41.5 Å². The molecule has 0 aromatic carbocycles. The molecule has 0 spiro atoms. The van der Waals surface area contributed by atoms with Crippen LogP contribution < -0.4 is 0 Å². The van der Waals surface area contributed by atoms with Crippen molar-refractivity contribution in [1.82, 2.24) is 0 Å². The van der Waals surface area contributed by atoms with Crippen LogP contribution in [0, 0.1) is 0 Å². The quantitative estimate of drug-likeness (QED) is 0.126. The Morgan fingerprint density at radius 3 is 1.03 bits per heavy atom. The second kappa shape index (κ2) is 41.6. The molecule has 4 rings (SSSR count). The first-order chi connectivity index (χ1) is 32.7. The summed E-state index contributed by atoms with van der Waals surface area (Å²) in [5.74, 6) is 0. The highest BCUT2D eigenvalue weighted by Crippen LogP contribution is 2.27. The lowest BCUT2D eigenvalue weighted by Crippen LogP contribution is -2.58. The normalized spacial score (nSPS) is 36.2. The highest BCUT2D eigenvalue weighted by atomic mass is 28.5. The van der Waals surface area contributed by atoms with Crippen LogP contribution in [-0.4, -0.2) is 192 Å². The zero-order valence-corrected chi connectivity index (χ0v) is 70.0. The Labute approximate surface area is 462 Å². The summed E-state index contributed by atoms with van der Waals surface area (Å²) < 4.78 is 124. The van der Waals surface area contributed by atoms with Crippen molar-refractivity contribution in [2.24, 2.45) is 0 Å². The molecule has 0 amide bonds. The molecule has 422 valence electrons. The Balaban J connectivity index is 0.00000654. The Kier molecular flexibility index (Phi) is 43.7. The van der Waals surface area contributed by atoms with Gasteiger partial charge in [-0.1, -0.05) is 49.0 Å². The SMILES string of the molecule is C.CC.CC.CC.CC1C[SiH](C)O[SiH](C)O[SiH](CC[SiH2]O[Si](O[SiH2]CC[SiH]2O[SiH](C)O[SiH](C)O[SiH](C)O2)(O[SiH2]CC[SiH]2O[SiH](C)O[SiH](C)O[SiH](C)O2)O[Si](C)(C)CC[SiH]2O[SiH](C)O[SiH](C)O[SiH](C)O2)O1. The topological polar surface area (TPSA) is 175 Å². The highest BCUT2D eigenvalue weighted by Gasteiger charge is 2.49. The van der Waals surface area contributed by atoms with Gasteiger partial charge in [0.15, 0.2) is 46.6 Å². The predicted octanol–water partition coefficient (Wildman–Crippen LogP) is 1.34. The summed E-state index contributed by atoms with van der Waals surface area (Å²) in [6, 6.07) is 7.85. The molecule has 10 unspecified atom stereocenters. The van der Waals surface area contributed by atoms with Gasteiger partial charge in [-0.15, -0.1) is 0 Å². The van der Waals surface area contributed by atoms with Crippen molar-refractivity contribution in [2.75, 3.05) is 0 Å². The minimum absolute atomic E-state index is 0. The van der Waals surface area contributed by atoms with E-state index in [1.54, 1.807) is 0 Å². The molecular formula is C31H104O19Si20. The Hall–Kier alpha value is 3.58. The number of hydrogen-bond acceptors (Lipinski definition) is 19. The lowest BCUT2D eigenvalue weighted by molar-refractivity contribution is 0.165. The first kappa shape index (κ1) is 73.6. The van der Waals surface area contributed by atoms with Crippen molar-refractivity contribution in [3.8, 4) is 0 Å². The Morgan fingerprint density at radius 2 is 0.686 bits per heavy atom. The molecule has 0 bridgehead atoms. The summed E-state index contributed by atoms with van der Waals surface area (Å²) in [6.45, 7) is 41.8. The second-order valence-electron chi connectivity index (χ2n) is 17.2. The van der Waals surface area contributed by atoms with Crippen LogP contribution >= 0.6 is 0 Å². The van der Waals surface area contributed by atoms with Gasteiger partial charge in [-0.25, -0.2) is 0 Å². The summed E-state index contributed by atoms with van der Waals surface area (Å²) in [4.78, 5) is 0. The van der Waals surface area contributed by atoms with Crippen molar-refractivity contribution < 1.29 is 78.5 Å². The van der Waals surface area contributed by atoms with Gasteiger partial charge < -0.3 is 78.5 Å². The van der Waals surface area contributed by atoms with E-state index in [0.29, 0.717) is 0 Å². The van der Waals surface area contributed by atoms with Gasteiger partial charge in [-0.2, -0.15) is 0 Å². The molecule has 0 aromatic heterocycles. The van der Waals surface area contributed by atoms with E-state index in [-0.39, 0.29) is 13.5 Å². The zero-order chi connectivity index (χ0) is 52.2. The average Bonchev–Trinajstić information content (AvgIpc) is 3.24. The molecule has 4 aliphatic heterocycles. The van der Waals surface area contributed by atoms with E-state index in [1.165, 1.54) is 0 Å². The summed E-state index contributed by atoms with van der Waals surface area (Å²) in [7, 11) is -36.5. The molecular weight excluding hydrogens is 1240 g/mol. The minimum Gasteiger partial charge on any atom is -0.441 e. The fourth-order valence-corrected chi connectivity index (χ4v) is 75.7. The monoisotopic (exact) mass is 1340 g/mol. The lowest BCUT2D eigenvalue weighted by Gasteiger charge is -2.38. The molecule has 4 aliphatic rings. The van der Waals surface area contributed by atoms with E-state index >= 15 is 0 Å². The minimum atomic E-state index is -3.60. The molecule has 70 heavy (non-hydrogen) atoms. The third kappa shape index (κ3) is 33.2. The van der Waals surface area contributed by atoms with Crippen molar-refractivity contribution in [2.45, 2.75) is 202 Å². The van der Waals surface area contributed by atoms with E-state index < -0.39 is 186 Å². The van der Waals surface area contributed by atoms with E-state index in [2.05, 4.69) is 92.0 Å². The fourth-order valence-electron chi connectivity index (χ4n) is 7.68. The Morgan fingerprint density at radius 1 is 0.414 bits per heavy atom. The van der Waals surface area contributed by atoms with Crippen LogP contribution in [0.15, 0.2) is 0 Å². The van der Waals surface area contributed by atoms with Gasteiger partial charge in [-0.05, 0) is 146 Å². The summed E-state index contributed by atoms with van der Waals surface area (Å²) in [5, 5.41) is 0. The smallest absolute Gasteiger partial charge is 0.441 e. The van der Waals surface area contributed by atoms with Gasteiger partial charge in [0.2, 0.25) is 0 Å². The maximum absolute atomic E-state index is 7.35. The van der Waals surface area contributed by atoms with E-state index in [9.17, 15) is 0 Å². The van der Waals surface area contributed by atoms with Crippen LogP contribution in [-0.2, 0) is 78.5 Å². The zero-order valence-electron chi connectivity index (χ0n) is 46.5. The largest absolute Gasteiger partial charge is 0.635 e. The second-order valence-corrected chi connectivity index (χ2v) is 64.5. The van der Waals surface area contributed by atoms with Crippen LogP contribution in [0.4, 0.5) is 0 Å². The summed E-state index contributed by atoms with van der Waals surface area (Å²) >= 11 is 0. The van der Waals surface area contributed by atoms with Crippen molar-refractivity contribution in [3.05, 3.63) is 0 Å².